The molecule has 1 aliphatic heterocycles. The number of benzene rings is 1. The van der Waals surface area contributed by atoms with Gasteiger partial charge in [-0.3, -0.25) is 0 Å². The van der Waals surface area contributed by atoms with Gasteiger partial charge in [0.25, 0.3) is 0 Å². The Morgan fingerprint density at radius 3 is 2.86 bits per heavy atom. The van der Waals surface area contributed by atoms with Gasteiger partial charge in [0.15, 0.2) is 0 Å². The maximum absolute atomic E-state index is 6.15. The maximum atomic E-state index is 6.15. The van der Waals surface area contributed by atoms with Crippen LogP contribution in [0.15, 0.2) is 18.2 Å². The van der Waals surface area contributed by atoms with Gasteiger partial charge in [-0.15, -0.1) is 0 Å². The summed E-state index contributed by atoms with van der Waals surface area (Å²) >= 11 is 0. The fourth-order valence-electron chi connectivity index (χ4n) is 2.56. The molecule has 0 aromatic heterocycles. The molecule has 0 bridgehead atoms. The van der Waals surface area contributed by atoms with Crippen LogP contribution in [0.25, 0.3) is 0 Å². The van der Waals surface area contributed by atoms with E-state index in [2.05, 4.69) is 43.9 Å². The van der Waals surface area contributed by atoms with Crippen molar-refractivity contribution in [2.45, 2.75) is 33.3 Å². The second kappa shape index (κ2) is 7.66. The first-order chi connectivity index (χ1) is 10.2. The number of nitrogens with two attached hydrogens (primary N) is 1. The quantitative estimate of drug-likeness (QED) is 0.784. The van der Waals surface area contributed by atoms with E-state index >= 15 is 0 Å². The van der Waals surface area contributed by atoms with Crippen molar-refractivity contribution in [2.75, 3.05) is 37.7 Å². The van der Waals surface area contributed by atoms with Crippen molar-refractivity contribution in [3.63, 3.8) is 0 Å². The standard InChI is InChI=1S/C17H28N2O2/c1-4-14-5-6-16-15(11-14)19(8-10-20-9-7-18)12-17(21-16)13(2)3/h5-6,11,13,17H,4,7-10,12,18H2,1-3H3. The fourth-order valence-corrected chi connectivity index (χ4v) is 2.56. The van der Waals surface area contributed by atoms with Crippen molar-refractivity contribution >= 4 is 5.69 Å². The number of hydrogen-bond donors (Lipinski definition) is 1. The van der Waals surface area contributed by atoms with E-state index in [9.17, 15) is 0 Å². The Morgan fingerprint density at radius 1 is 1.38 bits per heavy atom. The molecule has 0 saturated heterocycles. The van der Waals surface area contributed by atoms with E-state index in [1.54, 1.807) is 0 Å². The largest absolute Gasteiger partial charge is 0.486 e. The zero-order valence-electron chi connectivity index (χ0n) is 13.5. The molecule has 1 aromatic carbocycles. The van der Waals surface area contributed by atoms with Gasteiger partial charge in [0.2, 0.25) is 0 Å². The third-order valence-corrected chi connectivity index (χ3v) is 3.96. The third-order valence-electron chi connectivity index (χ3n) is 3.96. The molecule has 0 aliphatic carbocycles. The Morgan fingerprint density at radius 2 is 2.19 bits per heavy atom. The summed E-state index contributed by atoms with van der Waals surface area (Å²) in [5.74, 6) is 1.49. The Bertz CT molecular complexity index is 448. The number of nitrogens with zero attached hydrogens (tertiary/aromatic N) is 1. The molecule has 0 spiro atoms. The Balaban J connectivity index is 2.13. The highest BCUT2D eigenvalue weighted by Gasteiger charge is 2.27. The lowest BCUT2D eigenvalue weighted by Crippen LogP contribution is -2.44. The SMILES string of the molecule is CCc1ccc2c(c1)N(CCOCCN)CC(C(C)C)O2. The monoisotopic (exact) mass is 292 g/mol. The van der Waals surface area contributed by atoms with E-state index in [1.807, 2.05) is 0 Å². The lowest BCUT2D eigenvalue weighted by Gasteiger charge is -2.38. The zero-order chi connectivity index (χ0) is 15.2. The summed E-state index contributed by atoms with van der Waals surface area (Å²) in [5, 5.41) is 0. The van der Waals surface area contributed by atoms with Gasteiger partial charge < -0.3 is 20.1 Å². The molecular weight excluding hydrogens is 264 g/mol. The van der Waals surface area contributed by atoms with Crippen LogP contribution < -0.4 is 15.4 Å². The highest BCUT2D eigenvalue weighted by molar-refractivity contribution is 5.61. The molecule has 1 heterocycles. The number of ether oxygens (including phenoxy) is 2. The molecule has 0 radical (unpaired) electrons. The molecule has 2 rings (SSSR count). The number of rotatable bonds is 7. The third kappa shape index (κ3) is 4.11. The van der Waals surface area contributed by atoms with Gasteiger partial charge in [0.1, 0.15) is 11.9 Å². The molecule has 2 N–H and O–H groups in total. The first kappa shape index (κ1) is 16.1. The Kier molecular flexibility index (Phi) is 5.88. The van der Waals surface area contributed by atoms with Gasteiger partial charge in [-0.1, -0.05) is 26.8 Å². The van der Waals surface area contributed by atoms with Crippen molar-refractivity contribution in [2.24, 2.45) is 11.7 Å². The topological polar surface area (TPSA) is 47.7 Å². The normalized spacial score (nSPS) is 17.8. The van der Waals surface area contributed by atoms with Gasteiger partial charge in [-0.25, -0.2) is 0 Å². The molecular formula is C17H28N2O2. The minimum absolute atomic E-state index is 0.236. The molecule has 0 amide bonds. The summed E-state index contributed by atoms with van der Waals surface area (Å²) in [4.78, 5) is 2.39. The number of anilines is 1. The predicted molar refractivity (Wildman–Crippen MR) is 87.2 cm³/mol. The summed E-state index contributed by atoms with van der Waals surface area (Å²) in [7, 11) is 0. The molecule has 21 heavy (non-hydrogen) atoms. The second-order valence-corrected chi connectivity index (χ2v) is 5.90. The van der Waals surface area contributed by atoms with Gasteiger partial charge in [-0.2, -0.15) is 0 Å². The summed E-state index contributed by atoms with van der Waals surface area (Å²) in [6.07, 6.45) is 1.28. The summed E-state index contributed by atoms with van der Waals surface area (Å²) in [5.41, 5.74) is 8.00. The van der Waals surface area contributed by atoms with E-state index in [0.717, 1.165) is 25.3 Å². The molecule has 4 heteroatoms. The van der Waals surface area contributed by atoms with E-state index in [-0.39, 0.29) is 6.10 Å². The van der Waals surface area contributed by atoms with Crippen molar-refractivity contribution in [1.82, 2.24) is 0 Å². The Labute approximate surface area is 128 Å². The second-order valence-electron chi connectivity index (χ2n) is 5.90. The highest BCUT2D eigenvalue weighted by Crippen LogP contribution is 2.35. The predicted octanol–water partition coefficient (Wildman–Crippen LogP) is 2.45. The first-order valence-corrected chi connectivity index (χ1v) is 7.98. The molecule has 118 valence electrons. The number of hydrogen-bond acceptors (Lipinski definition) is 4. The molecule has 0 saturated carbocycles. The average molecular weight is 292 g/mol. The molecule has 0 fully saturated rings. The smallest absolute Gasteiger partial charge is 0.143 e. The molecule has 4 nitrogen and oxygen atoms in total. The van der Waals surface area contributed by atoms with Crippen LogP contribution in [0.1, 0.15) is 26.3 Å². The lowest BCUT2D eigenvalue weighted by molar-refractivity contribution is 0.127. The van der Waals surface area contributed by atoms with Gasteiger partial charge in [0.05, 0.1) is 25.4 Å². The summed E-state index contributed by atoms with van der Waals surface area (Å²) in [6, 6.07) is 6.51. The van der Waals surface area contributed by atoms with Crippen LogP contribution in [0.4, 0.5) is 5.69 Å². The highest BCUT2D eigenvalue weighted by atomic mass is 16.5. The maximum Gasteiger partial charge on any atom is 0.143 e. The van der Waals surface area contributed by atoms with Crippen LogP contribution in [0.3, 0.4) is 0 Å². The molecule has 1 aliphatic rings. The van der Waals surface area contributed by atoms with E-state index < -0.39 is 0 Å². The van der Waals surface area contributed by atoms with Crippen LogP contribution >= 0.6 is 0 Å². The van der Waals surface area contributed by atoms with Crippen LogP contribution in [0, 0.1) is 5.92 Å². The van der Waals surface area contributed by atoms with E-state index in [4.69, 9.17) is 15.2 Å². The number of fused-ring (bicyclic) bond motifs is 1. The van der Waals surface area contributed by atoms with Gasteiger partial charge >= 0.3 is 0 Å². The fraction of sp³-hybridized carbons (Fsp3) is 0.647. The number of aryl methyl sites for hydroxylation is 1. The van der Waals surface area contributed by atoms with Gasteiger partial charge in [-0.05, 0) is 30.0 Å². The summed E-state index contributed by atoms with van der Waals surface area (Å²) < 4.78 is 11.7. The van der Waals surface area contributed by atoms with E-state index in [1.165, 1.54) is 11.3 Å². The van der Waals surface area contributed by atoms with Crippen molar-refractivity contribution in [3.05, 3.63) is 23.8 Å². The van der Waals surface area contributed by atoms with Crippen LogP contribution in [0.2, 0.25) is 0 Å². The summed E-state index contributed by atoms with van der Waals surface area (Å²) in [6.45, 7) is 10.3. The Hall–Kier alpha value is -1.26. The minimum Gasteiger partial charge on any atom is -0.486 e. The van der Waals surface area contributed by atoms with Crippen LogP contribution in [-0.2, 0) is 11.2 Å². The van der Waals surface area contributed by atoms with Crippen molar-refractivity contribution < 1.29 is 9.47 Å². The lowest BCUT2D eigenvalue weighted by atomic mass is 10.0. The average Bonchev–Trinajstić information content (AvgIpc) is 2.50. The molecule has 1 atom stereocenters. The van der Waals surface area contributed by atoms with Gasteiger partial charge in [0, 0.05) is 13.1 Å². The molecule has 1 unspecified atom stereocenters. The van der Waals surface area contributed by atoms with Crippen LogP contribution in [-0.4, -0.2) is 39.0 Å². The molecule has 1 aromatic rings. The minimum atomic E-state index is 0.236. The van der Waals surface area contributed by atoms with Crippen molar-refractivity contribution in [1.29, 1.82) is 0 Å². The first-order valence-electron chi connectivity index (χ1n) is 7.98. The van der Waals surface area contributed by atoms with Crippen molar-refractivity contribution in [3.8, 4) is 5.75 Å². The zero-order valence-corrected chi connectivity index (χ0v) is 13.5. The van der Waals surface area contributed by atoms with Crippen LogP contribution in [0.5, 0.6) is 5.75 Å². The van der Waals surface area contributed by atoms with E-state index in [0.29, 0.717) is 25.7 Å².